The molecule has 90 valence electrons. The first kappa shape index (κ1) is 13.3. The van der Waals surface area contributed by atoms with Crippen LogP contribution in [0.5, 0.6) is 5.75 Å². The van der Waals surface area contributed by atoms with Gasteiger partial charge in [-0.2, -0.15) is 0 Å². The molecule has 16 heavy (non-hydrogen) atoms. The van der Waals surface area contributed by atoms with E-state index in [0.717, 1.165) is 24.2 Å². The molecule has 0 aromatic heterocycles. The Balaban J connectivity index is 2.72. The second kappa shape index (κ2) is 6.77. The van der Waals surface area contributed by atoms with Crippen LogP contribution in [0.1, 0.15) is 44.2 Å². The summed E-state index contributed by atoms with van der Waals surface area (Å²) >= 11 is 5.97. The van der Waals surface area contributed by atoms with Crippen molar-refractivity contribution in [3.63, 3.8) is 0 Å². The third kappa shape index (κ3) is 3.69. The lowest BCUT2D eigenvalue weighted by Gasteiger charge is -2.15. The first-order valence-corrected chi connectivity index (χ1v) is 6.15. The predicted octanol–water partition coefficient (Wildman–Crippen LogP) is 3.93. The van der Waals surface area contributed by atoms with Crippen molar-refractivity contribution in [2.45, 2.75) is 38.6 Å². The molecule has 0 amide bonds. The summed E-state index contributed by atoms with van der Waals surface area (Å²) in [6.45, 7) is 2.19. The molecule has 0 heterocycles. The van der Waals surface area contributed by atoms with Crippen LogP contribution in [0.25, 0.3) is 0 Å². The number of ether oxygens (including phenoxy) is 1. The number of unbranched alkanes of at least 4 members (excludes halogenated alkanes) is 2. The van der Waals surface area contributed by atoms with Crippen LogP contribution in [-0.4, -0.2) is 7.11 Å². The lowest BCUT2D eigenvalue weighted by Crippen LogP contribution is -2.11. The molecule has 1 atom stereocenters. The summed E-state index contributed by atoms with van der Waals surface area (Å²) < 4.78 is 5.29. The highest BCUT2D eigenvalue weighted by Gasteiger charge is 2.11. The van der Waals surface area contributed by atoms with Gasteiger partial charge in [0.25, 0.3) is 0 Å². The number of hydrogen-bond acceptors (Lipinski definition) is 2. The van der Waals surface area contributed by atoms with Crippen molar-refractivity contribution in [3.8, 4) is 5.75 Å². The van der Waals surface area contributed by atoms with Crippen LogP contribution in [0.2, 0.25) is 5.02 Å². The monoisotopic (exact) mass is 241 g/mol. The van der Waals surface area contributed by atoms with Gasteiger partial charge in [-0.3, -0.25) is 0 Å². The van der Waals surface area contributed by atoms with Crippen molar-refractivity contribution in [2.24, 2.45) is 5.73 Å². The van der Waals surface area contributed by atoms with Crippen LogP contribution in [-0.2, 0) is 0 Å². The quantitative estimate of drug-likeness (QED) is 0.766. The van der Waals surface area contributed by atoms with E-state index in [1.165, 1.54) is 12.8 Å². The molecule has 0 aliphatic heterocycles. The molecule has 0 saturated carbocycles. The van der Waals surface area contributed by atoms with Crippen molar-refractivity contribution in [3.05, 3.63) is 28.8 Å². The van der Waals surface area contributed by atoms with Crippen LogP contribution in [0.3, 0.4) is 0 Å². The van der Waals surface area contributed by atoms with Crippen molar-refractivity contribution in [1.29, 1.82) is 0 Å². The fourth-order valence-electron chi connectivity index (χ4n) is 1.76. The highest BCUT2D eigenvalue weighted by Crippen LogP contribution is 2.29. The molecule has 0 aliphatic carbocycles. The molecule has 0 bridgehead atoms. The smallest absolute Gasteiger partial charge is 0.123 e. The zero-order chi connectivity index (χ0) is 12.0. The fourth-order valence-corrected chi connectivity index (χ4v) is 1.95. The first-order valence-electron chi connectivity index (χ1n) is 5.78. The van der Waals surface area contributed by atoms with Crippen LogP contribution in [0.15, 0.2) is 18.2 Å². The molecule has 3 heteroatoms. The maximum Gasteiger partial charge on any atom is 0.123 e. The average Bonchev–Trinajstić information content (AvgIpc) is 2.29. The number of methoxy groups -OCH3 is 1. The Morgan fingerprint density at radius 3 is 2.75 bits per heavy atom. The van der Waals surface area contributed by atoms with Gasteiger partial charge in [0.1, 0.15) is 5.75 Å². The van der Waals surface area contributed by atoms with Gasteiger partial charge < -0.3 is 10.5 Å². The summed E-state index contributed by atoms with van der Waals surface area (Å²) in [5.41, 5.74) is 7.15. The normalized spacial score (nSPS) is 12.5. The molecule has 2 nitrogen and oxygen atoms in total. The Morgan fingerprint density at radius 1 is 1.38 bits per heavy atom. The number of benzene rings is 1. The maximum absolute atomic E-state index is 6.14. The van der Waals surface area contributed by atoms with Gasteiger partial charge in [-0.1, -0.05) is 37.8 Å². The van der Waals surface area contributed by atoms with Gasteiger partial charge in [0, 0.05) is 16.6 Å². The average molecular weight is 242 g/mol. The van der Waals surface area contributed by atoms with Gasteiger partial charge in [-0.25, -0.2) is 0 Å². The Bertz CT molecular complexity index is 328. The van der Waals surface area contributed by atoms with Crippen molar-refractivity contribution >= 4 is 11.6 Å². The van der Waals surface area contributed by atoms with E-state index in [4.69, 9.17) is 22.1 Å². The molecule has 0 radical (unpaired) electrons. The van der Waals surface area contributed by atoms with Crippen LogP contribution in [0.4, 0.5) is 0 Å². The minimum atomic E-state index is 0.0141. The summed E-state index contributed by atoms with van der Waals surface area (Å²) in [7, 11) is 1.66. The first-order chi connectivity index (χ1) is 7.69. The van der Waals surface area contributed by atoms with Gasteiger partial charge in [0.15, 0.2) is 0 Å². The highest BCUT2D eigenvalue weighted by molar-refractivity contribution is 6.30. The number of hydrogen-bond donors (Lipinski definition) is 1. The van der Waals surface area contributed by atoms with E-state index in [0.29, 0.717) is 5.02 Å². The topological polar surface area (TPSA) is 35.2 Å². The zero-order valence-electron chi connectivity index (χ0n) is 10.0. The summed E-state index contributed by atoms with van der Waals surface area (Å²) in [6, 6.07) is 5.61. The predicted molar refractivity (Wildman–Crippen MR) is 69.1 cm³/mol. The Hall–Kier alpha value is -0.730. The molecular weight excluding hydrogens is 222 g/mol. The van der Waals surface area contributed by atoms with E-state index in [2.05, 4.69) is 6.92 Å². The lowest BCUT2D eigenvalue weighted by molar-refractivity contribution is 0.403. The summed E-state index contributed by atoms with van der Waals surface area (Å²) in [5.74, 6) is 0.827. The molecule has 0 spiro atoms. The summed E-state index contributed by atoms with van der Waals surface area (Å²) in [6.07, 6.45) is 4.55. The SMILES string of the molecule is CCCCCC(N)c1cc(Cl)ccc1OC. The van der Waals surface area contributed by atoms with Gasteiger partial charge >= 0.3 is 0 Å². The minimum absolute atomic E-state index is 0.0141. The molecule has 0 saturated heterocycles. The molecule has 0 fully saturated rings. The molecule has 1 unspecified atom stereocenters. The maximum atomic E-state index is 6.14. The molecule has 2 N–H and O–H groups in total. The Morgan fingerprint density at radius 2 is 2.12 bits per heavy atom. The number of nitrogens with two attached hydrogens (primary N) is 1. The third-order valence-corrected chi connectivity index (χ3v) is 2.94. The molecule has 1 aromatic rings. The lowest BCUT2D eigenvalue weighted by atomic mass is 10.0. The van der Waals surface area contributed by atoms with E-state index >= 15 is 0 Å². The highest BCUT2D eigenvalue weighted by atomic mass is 35.5. The number of rotatable bonds is 6. The van der Waals surface area contributed by atoms with Crippen molar-refractivity contribution in [1.82, 2.24) is 0 Å². The van der Waals surface area contributed by atoms with E-state index in [9.17, 15) is 0 Å². The van der Waals surface area contributed by atoms with E-state index in [1.54, 1.807) is 7.11 Å². The minimum Gasteiger partial charge on any atom is -0.496 e. The third-order valence-electron chi connectivity index (χ3n) is 2.71. The molecule has 1 rings (SSSR count). The summed E-state index contributed by atoms with van der Waals surface area (Å²) in [5, 5.41) is 0.710. The molecule has 0 aliphatic rings. The van der Waals surface area contributed by atoms with Crippen molar-refractivity contribution < 1.29 is 4.74 Å². The van der Waals surface area contributed by atoms with Gasteiger partial charge in [0.05, 0.1) is 7.11 Å². The fraction of sp³-hybridized carbons (Fsp3) is 0.538. The van der Waals surface area contributed by atoms with Gasteiger partial charge in [0.2, 0.25) is 0 Å². The standard InChI is InChI=1S/C13H20ClNO/c1-3-4-5-6-12(15)11-9-10(14)7-8-13(11)16-2/h7-9,12H,3-6,15H2,1-2H3. The van der Waals surface area contributed by atoms with E-state index in [-0.39, 0.29) is 6.04 Å². The zero-order valence-corrected chi connectivity index (χ0v) is 10.8. The van der Waals surface area contributed by atoms with Gasteiger partial charge in [-0.15, -0.1) is 0 Å². The van der Waals surface area contributed by atoms with E-state index in [1.807, 2.05) is 18.2 Å². The second-order valence-corrected chi connectivity index (χ2v) is 4.42. The largest absolute Gasteiger partial charge is 0.496 e. The summed E-state index contributed by atoms with van der Waals surface area (Å²) in [4.78, 5) is 0. The van der Waals surface area contributed by atoms with Crippen LogP contribution < -0.4 is 10.5 Å². The Labute approximate surface area is 103 Å². The van der Waals surface area contributed by atoms with Crippen LogP contribution in [0, 0.1) is 0 Å². The second-order valence-electron chi connectivity index (χ2n) is 3.99. The molecular formula is C13H20ClNO. The van der Waals surface area contributed by atoms with Crippen LogP contribution >= 0.6 is 11.6 Å². The van der Waals surface area contributed by atoms with Gasteiger partial charge in [-0.05, 0) is 24.6 Å². The Kier molecular flexibility index (Phi) is 5.64. The molecule has 1 aromatic carbocycles. The van der Waals surface area contributed by atoms with E-state index < -0.39 is 0 Å². The number of halogens is 1. The van der Waals surface area contributed by atoms with Crippen molar-refractivity contribution in [2.75, 3.05) is 7.11 Å².